The Balaban J connectivity index is 2.07. The predicted octanol–water partition coefficient (Wildman–Crippen LogP) is 3.41. The van der Waals surface area contributed by atoms with Crippen molar-refractivity contribution < 1.29 is 9.53 Å². The van der Waals surface area contributed by atoms with Crippen LogP contribution in [0.15, 0.2) is 28.7 Å². The molecular weight excluding hydrogens is 318 g/mol. The van der Waals surface area contributed by atoms with Gasteiger partial charge in [-0.2, -0.15) is 0 Å². The molecule has 0 heterocycles. The largest absolute Gasteiger partial charge is 0.385 e. The molecule has 1 N–H and O–H groups in total. The van der Waals surface area contributed by atoms with Crippen molar-refractivity contribution in [3.05, 3.63) is 34.3 Å². The van der Waals surface area contributed by atoms with E-state index in [0.717, 1.165) is 35.7 Å². The molecule has 2 rings (SSSR count). The van der Waals surface area contributed by atoms with E-state index in [0.29, 0.717) is 6.61 Å². The Labute approximate surface area is 129 Å². The summed E-state index contributed by atoms with van der Waals surface area (Å²) in [7, 11) is 1.68. The minimum absolute atomic E-state index is 0.148. The summed E-state index contributed by atoms with van der Waals surface area (Å²) in [6.07, 6.45) is 3.85. The normalized spacial score (nSPS) is 18.1. The van der Waals surface area contributed by atoms with Gasteiger partial charge in [0, 0.05) is 24.2 Å². The number of rotatable bonds is 6. The van der Waals surface area contributed by atoms with Crippen molar-refractivity contribution in [2.45, 2.75) is 44.1 Å². The Bertz CT molecular complexity index is 454. The lowest BCUT2D eigenvalue weighted by Gasteiger charge is -2.41. The lowest BCUT2D eigenvalue weighted by atomic mass is 9.63. The fraction of sp³-hybridized carbons (Fsp3) is 0.562. The van der Waals surface area contributed by atoms with E-state index >= 15 is 0 Å². The molecular formula is C16H22BrNO2. The van der Waals surface area contributed by atoms with Crippen LogP contribution >= 0.6 is 15.9 Å². The van der Waals surface area contributed by atoms with Crippen LogP contribution in [-0.2, 0) is 14.9 Å². The molecule has 0 spiro atoms. The van der Waals surface area contributed by atoms with Gasteiger partial charge in [0.25, 0.3) is 0 Å². The van der Waals surface area contributed by atoms with Gasteiger partial charge in [-0.25, -0.2) is 0 Å². The lowest BCUT2D eigenvalue weighted by molar-refractivity contribution is -0.130. The molecule has 1 atom stereocenters. The summed E-state index contributed by atoms with van der Waals surface area (Å²) in [5, 5.41) is 3.14. The maximum atomic E-state index is 12.6. The maximum absolute atomic E-state index is 12.6. The summed E-state index contributed by atoms with van der Waals surface area (Å²) in [6.45, 7) is 2.71. The Morgan fingerprint density at radius 2 is 2.05 bits per heavy atom. The summed E-state index contributed by atoms with van der Waals surface area (Å²) in [5.74, 6) is 0.162. The van der Waals surface area contributed by atoms with Gasteiger partial charge in [-0.1, -0.05) is 34.5 Å². The van der Waals surface area contributed by atoms with Crippen molar-refractivity contribution in [2.75, 3.05) is 13.7 Å². The summed E-state index contributed by atoms with van der Waals surface area (Å²) < 4.78 is 6.11. The number of carbonyl (C=O) groups excluding carboxylic acids is 1. The Kier molecular flexibility index (Phi) is 5.22. The van der Waals surface area contributed by atoms with E-state index in [2.05, 4.69) is 33.4 Å². The predicted molar refractivity (Wildman–Crippen MR) is 83.8 cm³/mol. The molecule has 4 heteroatoms. The zero-order chi connectivity index (χ0) is 14.6. The van der Waals surface area contributed by atoms with Gasteiger partial charge < -0.3 is 10.1 Å². The summed E-state index contributed by atoms with van der Waals surface area (Å²) in [4.78, 5) is 12.6. The number of carbonyl (C=O) groups is 1. The zero-order valence-corrected chi connectivity index (χ0v) is 13.7. The number of ether oxygens (including phenoxy) is 1. The molecule has 3 nitrogen and oxygen atoms in total. The minimum Gasteiger partial charge on any atom is -0.385 e. The SMILES string of the molecule is COCC[C@@H](C)NC(=O)C1(c2ccc(Br)cc2)CCC1. The molecule has 1 amide bonds. The van der Waals surface area contributed by atoms with Gasteiger partial charge in [-0.15, -0.1) is 0 Å². The molecule has 0 saturated heterocycles. The monoisotopic (exact) mass is 339 g/mol. The summed E-state index contributed by atoms with van der Waals surface area (Å²) in [5.41, 5.74) is 0.811. The molecule has 0 aliphatic heterocycles. The van der Waals surface area contributed by atoms with Crippen LogP contribution in [-0.4, -0.2) is 25.7 Å². The van der Waals surface area contributed by atoms with Gasteiger partial charge >= 0.3 is 0 Å². The first-order valence-electron chi connectivity index (χ1n) is 7.14. The highest BCUT2D eigenvalue weighted by Gasteiger charge is 2.45. The molecule has 1 saturated carbocycles. The fourth-order valence-electron chi connectivity index (χ4n) is 2.67. The maximum Gasteiger partial charge on any atom is 0.230 e. The lowest BCUT2D eigenvalue weighted by Crippen LogP contribution is -2.51. The van der Waals surface area contributed by atoms with E-state index in [-0.39, 0.29) is 17.4 Å². The topological polar surface area (TPSA) is 38.3 Å². The van der Waals surface area contributed by atoms with Crippen LogP contribution in [0, 0.1) is 0 Å². The number of nitrogens with one attached hydrogen (secondary N) is 1. The Hall–Kier alpha value is -0.870. The first kappa shape index (κ1) is 15.5. The van der Waals surface area contributed by atoms with Crippen molar-refractivity contribution in [2.24, 2.45) is 0 Å². The van der Waals surface area contributed by atoms with Gasteiger partial charge in [0.2, 0.25) is 5.91 Å². The molecule has 0 unspecified atom stereocenters. The van der Waals surface area contributed by atoms with E-state index < -0.39 is 0 Å². The minimum atomic E-state index is -0.317. The van der Waals surface area contributed by atoms with Crippen LogP contribution in [0.1, 0.15) is 38.2 Å². The number of halogens is 1. The smallest absolute Gasteiger partial charge is 0.230 e. The second kappa shape index (κ2) is 6.72. The van der Waals surface area contributed by atoms with Crippen LogP contribution in [0.5, 0.6) is 0 Å². The van der Waals surface area contributed by atoms with E-state index in [1.807, 2.05) is 19.1 Å². The molecule has 1 aliphatic rings. The van der Waals surface area contributed by atoms with Crippen molar-refractivity contribution in [3.63, 3.8) is 0 Å². The van der Waals surface area contributed by atoms with Crippen LogP contribution in [0.2, 0.25) is 0 Å². The second-order valence-corrected chi connectivity index (χ2v) is 6.51. The molecule has 0 bridgehead atoms. The molecule has 1 aromatic carbocycles. The number of methoxy groups -OCH3 is 1. The average molecular weight is 340 g/mol. The second-order valence-electron chi connectivity index (χ2n) is 5.60. The van der Waals surface area contributed by atoms with Crippen LogP contribution in [0.4, 0.5) is 0 Å². The summed E-state index contributed by atoms with van der Waals surface area (Å²) in [6, 6.07) is 8.29. The van der Waals surface area contributed by atoms with E-state index in [1.54, 1.807) is 7.11 Å². The number of amides is 1. The van der Waals surface area contributed by atoms with Crippen molar-refractivity contribution in [1.29, 1.82) is 0 Å². The number of hydrogen-bond donors (Lipinski definition) is 1. The Morgan fingerprint density at radius 1 is 1.40 bits per heavy atom. The third-order valence-electron chi connectivity index (χ3n) is 4.17. The number of benzene rings is 1. The number of hydrogen-bond acceptors (Lipinski definition) is 2. The molecule has 1 aliphatic carbocycles. The molecule has 0 aromatic heterocycles. The average Bonchev–Trinajstić information content (AvgIpc) is 2.37. The van der Waals surface area contributed by atoms with Gasteiger partial charge in [0.05, 0.1) is 5.41 Å². The van der Waals surface area contributed by atoms with Gasteiger partial charge in [0.15, 0.2) is 0 Å². The van der Waals surface area contributed by atoms with Gasteiger partial charge in [-0.3, -0.25) is 4.79 Å². The zero-order valence-electron chi connectivity index (χ0n) is 12.1. The molecule has 1 aromatic rings. The molecule has 1 fully saturated rings. The molecule has 20 heavy (non-hydrogen) atoms. The first-order chi connectivity index (χ1) is 9.58. The van der Waals surface area contributed by atoms with E-state index in [1.165, 1.54) is 0 Å². The standard InChI is InChI=1S/C16H22BrNO2/c1-12(8-11-20-2)18-15(19)16(9-3-10-16)13-4-6-14(17)7-5-13/h4-7,12H,3,8-11H2,1-2H3,(H,18,19)/t12-/m1/s1. The van der Waals surface area contributed by atoms with E-state index in [4.69, 9.17) is 4.74 Å². The highest BCUT2D eigenvalue weighted by atomic mass is 79.9. The molecule has 0 radical (unpaired) electrons. The van der Waals surface area contributed by atoms with Crippen molar-refractivity contribution in [1.82, 2.24) is 5.32 Å². The fourth-order valence-corrected chi connectivity index (χ4v) is 2.94. The van der Waals surface area contributed by atoms with Crippen LogP contribution < -0.4 is 5.32 Å². The summed E-state index contributed by atoms with van der Waals surface area (Å²) >= 11 is 3.44. The van der Waals surface area contributed by atoms with E-state index in [9.17, 15) is 4.79 Å². The van der Waals surface area contributed by atoms with Crippen molar-refractivity contribution in [3.8, 4) is 0 Å². The highest BCUT2D eigenvalue weighted by molar-refractivity contribution is 9.10. The molecule has 110 valence electrons. The Morgan fingerprint density at radius 3 is 2.55 bits per heavy atom. The van der Waals surface area contributed by atoms with Crippen LogP contribution in [0.25, 0.3) is 0 Å². The highest BCUT2D eigenvalue weighted by Crippen LogP contribution is 2.44. The third-order valence-corrected chi connectivity index (χ3v) is 4.70. The quantitative estimate of drug-likeness (QED) is 0.862. The first-order valence-corrected chi connectivity index (χ1v) is 7.94. The third kappa shape index (κ3) is 3.23. The van der Waals surface area contributed by atoms with Gasteiger partial charge in [-0.05, 0) is 43.9 Å². The van der Waals surface area contributed by atoms with Gasteiger partial charge in [0.1, 0.15) is 0 Å². The van der Waals surface area contributed by atoms with Crippen molar-refractivity contribution >= 4 is 21.8 Å². The van der Waals surface area contributed by atoms with Crippen LogP contribution in [0.3, 0.4) is 0 Å².